The molecular formula is C24H29NO4. The second-order valence-corrected chi connectivity index (χ2v) is 7.58. The van der Waals surface area contributed by atoms with E-state index in [1.165, 1.54) is 0 Å². The van der Waals surface area contributed by atoms with E-state index in [0.717, 1.165) is 36.1 Å². The van der Waals surface area contributed by atoms with Crippen LogP contribution in [0.25, 0.3) is 0 Å². The van der Waals surface area contributed by atoms with Gasteiger partial charge in [0.15, 0.2) is 17.3 Å². The van der Waals surface area contributed by atoms with Crippen LogP contribution in [0.3, 0.4) is 0 Å². The van der Waals surface area contributed by atoms with Crippen molar-refractivity contribution in [2.75, 3.05) is 20.8 Å². The van der Waals surface area contributed by atoms with Crippen LogP contribution in [0.5, 0.6) is 11.5 Å². The van der Waals surface area contributed by atoms with E-state index in [1.807, 2.05) is 55.1 Å². The summed E-state index contributed by atoms with van der Waals surface area (Å²) in [6.07, 6.45) is 2.33. The van der Waals surface area contributed by atoms with Crippen LogP contribution in [0.15, 0.2) is 36.4 Å². The SMILES string of the molecule is COc1ccc([C@@H]2CCCN2C(=O)CCC(=O)c2ccc(C)c(C)c2)cc1OC. The van der Waals surface area contributed by atoms with Crippen LogP contribution < -0.4 is 9.47 Å². The Hall–Kier alpha value is -2.82. The molecule has 2 aromatic carbocycles. The number of ketones is 1. The molecule has 5 nitrogen and oxygen atoms in total. The maximum absolute atomic E-state index is 12.9. The van der Waals surface area contributed by atoms with Crippen molar-refractivity contribution >= 4 is 11.7 Å². The number of amides is 1. The summed E-state index contributed by atoms with van der Waals surface area (Å²) in [4.78, 5) is 27.3. The normalized spacial score (nSPS) is 16.0. The lowest BCUT2D eigenvalue weighted by Gasteiger charge is -2.25. The molecule has 0 unspecified atom stereocenters. The average molecular weight is 395 g/mol. The van der Waals surface area contributed by atoms with Gasteiger partial charge in [-0.1, -0.05) is 18.2 Å². The van der Waals surface area contributed by atoms with Crippen molar-refractivity contribution in [3.63, 3.8) is 0 Å². The first kappa shape index (κ1) is 20.9. The number of rotatable bonds is 7. The fourth-order valence-electron chi connectivity index (χ4n) is 3.90. The summed E-state index contributed by atoms with van der Waals surface area (Å²) >= 11 is 0. The summed E-state index contributed by atoms with van der Waals surface area (Å²) in [6, 6.07) is 11.5. The van der Waals surface area contributed by atoms with Gasteiger partial charge in [0.1, 0.15) is 0 Å². The highest BCUT2D eigenvalue weighted by molar-refractivity contribution is 5.98. The molecule has 0 aromatic heterocycles. The van der Waals surface area contributed by atoms with Gasteiger partial charge in [0.25, 0.3) is 0 Å². The van der Waals surface area contributed by atoms with Gasteiger partial charge >= 0.3 is 0 Å². The topological polar surface area (TPSA) is 55.8 Å². The molecule has 0 spiro atoms. The Morgan fingerprint density at radius 3 is 2.41 bits per heavy atom. The van der Waals surface area contributed by atoms with Gasteiger partial charge in [-0.3, -0.25) is 9.59 Å². The number of carbonyl (C=O) groups is 2. The minimum absolute atomic E-state index is 0.0130. The van der Waals surface area contributed by atoms with Crippen molar-refractivity contribution < 1.29 is 19.1 Å². The molecule has 5 heteroatoms. The van der Waals surface area contributed by atoms with Crippen LogP contribution in [0.4, 0.5) is 0 Å². The zero-order valence-corrected chi connectivity index (χ0v) is 17.7. The summed E-state index contributed by atoms with van der Waals surface area (Å²) in [5, 5.41) is 0. The Morgan fingerprint density at radius 2 is 1.72 bits per heavy atom. The number of Topliss-reactive ketones (excluding diaryl/α,β-unsaturated/α-hetero) is 1. The number of hydrogen-bond acceptors (Lipinski definition) is 4. The van der Waals surface area contributed by atoms with Crippen molar-refractivity contribution in [2.45, 2.75) is 45.6 Å². The van der Waals surface area contributed by atoms with E-state index < -0.39 is 0 Å². The molecule has 1 heterocycles. The summed E-state index contributed by atoms with van der Waals surface area (Å²) in [7, 11) is 3.22. The Balaban J connectivity index is 1.67. The average Bonchev–Trinajstić information content (AvgIpc) is 3.23. The van der Waals surface area contributed by atoms with Crippen molar-refractivity contribution in [3.05, 3.63) is 58.7 Å². The predicted molar refractivity (Wildman–Crippen MR) is 113 cm³/mol. The number of likely N-dealkylation sites (tertiary alicyclic amines) is 1. The summed E-state index contributed by atoms with van der Waals surface area (Å²) < 4.78 is 10.7. The van der Waals surface area contributed by atoms with Gasteiger partial charge in [-0.2, -0.15) is 0 Å². The lowest BCUT2D eigenvalue weighted by molar-refractivity contribution is -0.132. The molecule has 29 heavy (non-hydrogen) atoms. The molecule has 0 saturated carbocycles. The minimum atomic E-state index is 0.0130. The Morgan fingerprint density at radius 1 is 0.966 bits per heavy atom. The van der Waals surface area contributed by atoms with Gasteiger partial charge in [-0.25, -0.2) is 0 Å². The van der Waals surface area contributed by atoms with Gasteiger partial charge in [0, 0.05) is 24.9 Å². The molecule has 3 rings (SSSR count). The predicted octanol–water partition coefficient (Wildman–Crippen LogP) is 4.65. The van der Waals surface area contributed by atoms with Crippen LogP contribution in [0, 0.1) is 13.8 Å². The second-order valence-electron chi connectivity index (χ2n) is 7.58. The fourth-order valence-corrected chi connectivity index (χ4v) is 3.90. The second kappa shape index (κ2) is 9.12. The fraction of sp³-hybridized carbons (Fsp3) is 0.417. The number of aryl methyl sites for hydroxylation is 2. The van der Waals surface area contributed by atoms with E-state index in [2.05, 4.69) is 0 Å². The number of hydrogen-bond donors (Lipinski definition) is 0. The van der Waals surface area contributed by atoms with Gasteiger partial charge in [-0.15, -0.1) is 0 Å². The van der Waals surface area contributed by atoms with Crippen LogP contribution in [0.2, 0.25) is 0 Å². The molecule has 1 aliphatic rings. The van der Waals surface area contributed by atoms with Crippen LogP contribution in [-0.4, -0.2) is 37.4 Å². The molecule has 154 valence electrons. The largest absolute Gasteiger partial charge is 0.493 e. The molecule has 1 aliphatic heterocycles. The van der Waals surface area contributed by atoms with Gasteiger partial charge in [0.2, 0.25) is 5.91 Å². The third kappa shape index (κ3) is 4.61. The molecule has 0 aliphatic carbocycles. The van der Waals surface area contributed by atoms with Gasteiger partial charge in [0.05, 0.1) is 20.3 Å². The summed E-state index contributed by atoms with van der Waals surface area (Å²) in [6.45, 7) is 4.74. The van der Waals surface area contributed by atoms with E-state index >= 15 is 0 Å². The molecule has 1 atom stereocenters. The molecular weight excluding hydrogens is 366 g/mol. The third-order valence-corrected chi connectivity index (χ3v) is 5.76. The molecule has 1 amide bonds. The van der Waals surface area contributed by atoms with E-state index in [-0.39, 0.29) is 30.6 Å². The van der Waals surface area contributed by atoms with E-state index in [4.69, 9.17) is 9.47 Å². The lowest BCUT2D eigenvalue weighted by atomic mass is 10.0. The Bertz CT molecular complexity index is 906. The van der Waals surface area contributed by atoms with E-state index in [1.54, 1.807) is 14.2 Å². The smallest absolute Gasteiger partial charge is 0.223 e. The maximum atomic E-state index is 12.9. The highest BCUT2D eigenvalue weighted by atomic mass is 16.5. The third-order valence-electron chi connectivity index (χ3n) is 5.76. The molecule has 1 saturated heterocycles. The van der Waals surface area contributed by atoms with Crippen molar-refractivity contribution in [1.82, 2.24) is 4.90 Å². The number of nitrogens with zero attached hydrogens (tertiary/aromatic N) is 1. The molecule has 2 aromatic rings. The molecule has 1 fully saturated rings. The monoisotopic (exact) mass is 395 g/mol. The van der Waals surface area contributed by atoms with Crippen molar-refractivity contribution in [1.29, 1.82) is 0 Å². The molecule has 0 bridgehead atoms. The Labute approximate surface area is 172 Å². The van der Waals surface area contributed by atoms with E-state index in [0.29, 0.717) is 17.1 Å². The first-order valence-electron chi connectivity index (χ1n) is 10.1. The summed E-state index contributed by atoms with van der Waals surface area (Å²) in [5.41, 5.74) is 3.97. The maximum Gasteiger partial charge on any atom is 0.223 e. The number of carbonyl (C=O) groups excluding carboxylic acids is 2. The minimum Gasteiger partial charge on any atom is -0.493 e. The van der Waals surface area contributed by atoms with Crippen LogP contribution >= 0.6 is 0 Å². The standard InChI is InChI=1S/C24H29NO4/c1-16-7-8-19(14-17(16)2)21(26)10-12-24(27)25-13-5-6-20(25)18-9-11-22(28-3)23(15-18)29-4/h7-9,11,14-15,20H,5-6,10,12-13H2,1-4H3/t20-/m0/s1. The zero-order valence-electron chi connectivity index (χ0n) is 17.7. The quantitative estimate of drug-likeness (QED) is 0.641. The van der Waals surface area contributed by atoms with Gasteiger partial charge < -0.3 is 14.4 Å². The number of benzene rings is 2. The van der Waals surface area contributed by atoms with Crippen LogP contribution in [0.1, 0.15) is 58.8 Å². The Kier molecular flexibility index (Phi) is 6.57. The van der Waals surface area contributed by atoms with Crippen molar-refractivity contribution in [2.24, 2.45) is 0 Å². The summed E-state index contributed by atoms with van der Waals surface area (Å²) in [5.74, 6) is 1.38. The molecule has 0 N–H and O–H groups in total. The highest BCUT2D eigenvalue weighted by Gasteiger charge is 2.30. The van der Waals surface area contributed by atoms with E-state index in [9.17, 15) is 9.59 Å². The first-order chi connectivity index (χ1) is 13.9. The van der Waals surface area contributed by atoms with Crippen LogP contribution in [-0.2, 0) is 4.79 Å². The lowest BCUT2D eigenvalue weighted by Crippen LogP contribution is -2.30. The first-order valence-corrected chi connectivity index (χ1v) is 10.1. The van der Waals surface area contributed by atoms with Crippen molar-refractivity contribution in [3.8, 4) is 11.5 Å². The zero-order chi connectivity index (χ0) is 21.0. The molecule has 0 radical (unpaired) electrons. The number of methoxy groups -OCH3 is 2. The number of ether oxygens (including phenoxy) is 2. The van der Waals surface area contributed by atoms with Gasteiger partial charge in [-0.05, 0) is 61.6 Å². The highest BCUT2D eigenvalue weighted by Crippen LogP contribution is 2.37.